The number of anilines is 1. The summed E-state index contributed by atoms with van der Waals surface area (Å²) in [5.41, 5.74) is 4.10. The molecule has 7 nitrogen and oxygen atoms in total. The molecular formula is C22H24N4O3. The zero-order valence-corrected chi connectivity index (χ0v) is 16.8. The molecular weight excluding hydrogens is 368 g/mol. The summed E-state index contributed by atoms with van der Waals surface area (Å²) in [5.74, 6) is -0.572. The maximum atomic E-state index is 13.6. The first-order chi connectivity index (χ1) is 14.0. The Bertz CT molecular complexity index is 1050. The Kier molecular flexibility index (Phi) is 4.96. The summed E-state index contributed by atoms with van der Waals surface area (Å²) in [6, 6.07) is 9.85. The molecule has 1 unspecified atom stereocenters. The highest BCUT2D eigenvalue weighted by Crippen LogP contribution is 2.33. The number of fused-ring (bicyclic) bond motifs is 1. The fourth-order valence-electron chi connectivity index (χ4n) is 4.05. The standard InChI is InChI=1S/C22H24N4O3/c1-4-29-22(28)19-14(2)20(24-15(19)3)21(27)25-13-17(26-11-7-10-23-26)12-16-8-5-6-9-18(16)25/h5-11,17,24H,4,12-13H2,1-3H3. The SMILES string of the molecule is CCOC(=O)c1c(C)[nH]c(C(=O)N2CC(n3cccn3)Cc3ccccc32)c1C. The Morgan fingerprint density at radius 2 is 2.03 bits per heavy atom. The van der Waals surface area contributed by atoms with Crippen LogP contribution in [0.4, 0.5) is 5.69 Å². The van der Waals surface area contributed by atoms with Crippen LogP contribution >= 0.6 is 0 Å². The molecule has 3 aromatic rings. The second-order valence-corrected chi connectivity index (χ2v) is 7.23. The molecule has 0 saturated carbocycles. The Balaban J connectivity index is 1.73. The second-order valence-electron chi connectivity index (χ2n) is 7.23. The van der Waals surface area contributed by atoms with Crippen molar-refractivity contribution in [2.75, 3.05) is 18.1 Å². The lowest BCUT2D eigenvalue weighted by Crippen LogP contribution is -2.41. The van der Waals surface area contributed by atoms with Gasteiger partial charge in [0.25, 0.3) is 5.91 Å². The van der Waals surface area contributed by atoms with Gasteiger partial charge < -0.3 is 14.6 Å². The van der Waals surface area contributed by atoms with Gasteiger partial charge in [-0.05, 0) is 50.5 Å². The van der Waals surface area contributed by atoms with Gasteiger partial charge >= 0.3 is 5.97 Å². The van der Waals surface area contributed by atoms with Crippen molar-refractivity contribution in [2.24, 2.45) is 0 Å². The normalized spacial score (nSPS) is 15.8. The van der Waals surface area contributed by atoms with Gasteiger partial charge in [0.05, 0.1) is 18.2 Å². The van der Waals surface area contributed by atoms with E-state index in [4.69, 9.17) is 4.74 Å². The monoisotopic (exact) mass is 392 g/mol. The summed E-state index contributed by atoms with van der Waals surface area (Å²) in [4.78, 5) is 30.8. The molecule has 2 aromatic heterocycles. The number of aromatic nitrogens is 3. The molecule has 150 valence electrons. The average molecular weight is 392 g/mol. The molecule has 1 atom stereocenters. The van der Waals surface area contributed by atoms with Gasteiger partial charge in [-0.25, -0.2) is 4.79 Å². The highest BCUT2D eigenvalue weighted by atomic mass is 16.5. The third-order valence-electron chi connectivity index (χ3n) is 5.41. The maximum Gasteiger partial charge on any atom is 0.340 e. The lowest BCUT2D eigenvalue weighted by molar-refractivity contribution is 0.0525. The van der Waals surface area contributed by atoms with E-state index in [0.29, 0.717) is 29.1 Å². The predicted molar refractivity (Wildman–Crippen MR) is 109 cm³/mol. The van der Waals surface area contributed by atoms with Gasteiger partial charge in [0.15, 0.2) is 0 Å². The summed E-state index contributed by atoms with van der Waals surface area (Å²) in [7, 11) is 0. The van der Waals surface area contributed by atoms with Crippen LogP contribution in [0, 0.1) is 13.8 Å². The van der Waals surface area contributed by atoms with Gasteiger partial charge in [0.1, 0.15) is 5.69 Å². The number of nitrogens with one attached hydrogen (secondary N) is 1. The topological polar surface area (TPSA) is 80.2 Å². The Morgan fingerprint density at radius 1 is 1.24 bits per heavy atom. The minimum atomic E-state index is -0.411. The predicted octanol–water partition coefficient (Wildman–Crippen LogP) is 3.45. The third kappa shape index (κ3) is 3.33. The fourth-order valence-corrected chi connectivity index (χ4v) is 4.05. The van der Waals surface area contributed by atoms with E-state index in [1.165, 1.54) is 0 Å². The summed E-state index contributed by atoms with van der Waals surface area (Å²) in [5, 5.41) is 4.37. The van der Waals surface area contributed by atoms with Crippen molar-refractivity contribution >= 4 is 17.6 Å². The molecule has 0 radical (unpaired) electrons. The van der Waals surface area contributed by atoms with Crippen LogP contribution in [0.1, 0.15) is 50.6 Å². The average Bonchev–Trinajstić information content (AvgIpc) is 3.35. The minimum absolute atomic E-state index is 0.0461. The van der Waals surface area contributed by atoms with Crippen molar-refractivity contribution in [2.45, 2.75) is 33.2 Å². The van der Waals surface area contributed by atoms with Crippen LogP contribution in [-0.2, 0) is 11.2 Å². The van der Waals surface area contributed by atoms with Crippen molar-refractivity contribution in [3.8, 4) is 0 Å². The Morgan fingerprint density at radius 3 is 2.76 bits per heavy atom. The number of H-pyrrole nitrogens is 1. The highest BCUT2D eigenvalue weighted by molar-refractivity contribution is 6.08. The number of esters is 1. The molecule has 4 rings (SSSR count). The lowest BCUT2D eigenvalue weighted by Gasteiger charge is -2.34. The van der Waals surface area contributed by atoms with Crippen LogP contribution in [0.3, 0.4) is 0 Å². The number of hydrogen-bond donors (Lipinski definition) is 1. The zero-order chi connectivity index (χ0) is 20.5. The van der Waals surface area contributed by atoms with E-state index in [0.717, 1.165) is 17.7 Å². The van der Waals surface area contributed by atoms with Crippen LogP contribution in [0.25, 0.3) is 0 Å². The Labute approximate surface area is 169 Å². The Hall–Kier alpha value is -3.35. The minimum Gasteiger partial charge on any atom is -0.462 e. The molecule has 0 fully saturated rings. The molecule has 0 aliphatic carbocycles. The van der Waals surface area contributed by atoms with Crippen LogP contribution < -0.4 is 4.90 Å². The van der Waals surface area contributed by atoms with Crippen molar-refractivity contribution in [3.63, 3.8) is 0 Å². The van der Waals surface area contributed by atoms with Gasteiger partial charge in [-0.3, -0.25) is 9.48 Å². The first kappa shape index (κ1) is 19.0. The molecule has 0 saturated heterocycles. The first-order valence-corrected chi connectivity index (χ1v) is 9.76. The molecule has 1 amide bonds. The quantitative estimate of drug-likeness (QED) is 0.690. The van der Waals surface area contributed by atoms with Crippen LogP contribution in [0.5, 0.6) is 0 Å². The van der Waals surface area contributed by atoms with E-state index >= 15 is 0 Å². The number of aromatic amines is 1. The maximum absolute atomic E-state index is 13.6. The van der Waals surface area contributed by atoms with Crippen molar-refractivity contribution in [1.29, 1.82) is 0 Å². The van der Waals surface area contributed by atoms with Gasteiger partial charge in [0, 0.05) is 30.3 Å². The molecule has 3 heterocycles. The molecule has 1 aromatic carbocycles. The van der Waals surface area contributed by atoms with Gasteiger partial charge in [-0.1, -0.05) is 18.2 Å². The van der Waals surface area contributed by atoms with Crippen LogP contribution in [0.15, 0.2) is 42.7 Å². The van der Waals surface area contributed by atoms with Gasteiger partial charge in [-0.2, -0.15) is 5.10 Å². The largest absolute Gasteiger partial charge is 0.462 e. The van der Waals surface area contributed by atoms with E-state index in [2.05, 4.69) is 10.1 Å². The zero-order valence-electron chi connectivity index (χ0n) is 16.8. The fraction of sp³-hybridized carbons (Fsp3) is 0.318. The van der Waals surface area contributed by atoms with Crippen molar-refractivity contribution in [1.82, 2.24) is 14.8 Å². The third-order valence-corrected chi connectivity index (χ3v) is 5.41. The lowest BCUT2D eigenvalue weighted by atomic mass is 9.97. The van der Waals surface area contributed by atoms with Crippen molar-refractivity contribution < 1.29 is 14.3 Å². The number of amides is 1. The number of carbonyl (C=O) groups excluding carboxylic acids is 2. The number of hydrogen-bond acceptors (Lipinski definition) is 4. The van der Waals surface area contributed by atoms with E-state index in [1.807, 2.05) is 41.2 Å². The smallest absolute Gasteiger partial charge is 0.340 e. The van der Waals surface area contributed by atoms with Gasteiger partial charge in [0.2, 0.25) is 0 Å². The number of carbonyl (C=O) groups is 2. The molecule has 1 aliphatic heterocycles. The van der Waals surface area contributed by atoms with E-state index in [-0.39, 0.29) is 18.6 Å². The van der Waals surface area contributed by atoms with Crippen LogP contribution in [-0.4, -0.2) is 39.8 Å². The number of benzene rings is 1. The summed E-state index contributed by atoms with van der Waals surface area (Å²) in [6.07, 6.45) is 4.47. The summed E-state index contributed by atoms with van der Waals surface area (Å²) in [6.45, 7) is 6.12. The van der Waals surface area contributed by atoms with Crippen molar-refractivity contribution in [3.05, 3.63) is 70.8 Å². The number of aryl methyl sites for hydroxylation is 1. The molecule has 1 N–H and O–H groups in total. The molecule has 7 heteroatoms. The molecule has 0 bridgehead atoms. The van der Waals surface area contributed by atoms with Gasteiger partial charge in [-0.15, -0.1) is 0 Å². The number of rotatable bonds is 4. The number of para-hydroxylation sites is 1. The second kappa shape index (κ2) is 7.58. The summed E-state index contributed by atoms with van der Waals surface area (Å²) < 4.78 is 7.05. The first-order valence-electron chi connectivity index (χ1n) is 9.76. The number of ether oxygens (including phenoxy) is 1. The van der Waals surface area contributed by atoms with E-state index in [1.54, 1.807) is 31.9 Å². The van der Waals surface area contributed by atoms with Crippen LogP contribution in [0.2, 0.25) is 0 Å². The number of nitrogens with zero attached hydrogens (tertiary/aromatic N) is 3. The van der Waals surface area contributed by atoms with E-state index < -0.39 is 5.97 Å². The summed E-state index contributed by atoms with van der Waals surface area (Å²) >= 11 is 0. The highest BCUT2D eigenvalue weighted by Gasteiger charge is 2.33. The molecule has 0 spiro atoms. The van der Waals surface area contributed by atoms with E-state index in [9.17, 15) is 9.59 Å². The molecule has 1 aliphatic rings. The molecule has 29 heavy (non-hydrogen) atoms.